The van der Waals surface area contributed by atoms with Gasteiger partial charge in [-0.25, -0.2) is 5.01 Å². The molecule has 2 atom stereocenters. The van der Waals surface area contributed by atoms with Gasteiger partial charge in [-0.1, -0.05) is 66.7 Å². The summed E-state index contributed by atoms with van der Waals surface area (Å²) in [5, 5.41) is 11.5. The SMILES string of the molecule is CN1NC(=O)C[C@@H]1[C@H](Cc1ccccc1)NC(=S)Nc1cccc2ccccc12. The van der Waals surface area contributed by atoms with Gasteiger partial charge in [-0.3, -0.25) is 10.2 Å². The highest BCUT2D eigenvalue weighted by Crippen LogP contribution is 2.23. The van der Waals surface area contributed by atoms with Crippen LogP contribution in [0.3, 0.4) is 0 Å². The van der Waals surface area contributed by atoms with Crippen LogP contribution < -0.4 is 16.1 Å². The van der Waals surface area contributed by atoms with Crippen LogP contribution in [0.1, 0.15) is 12.0 Å². The normalized spacial score (nSPS) is 17.7. The molecule has 1 saturated heterocycles. The number of fused-ring (bicyclic) bond motifs is 1. The van der Waals surface area contributed by atoms with Crippen LogP contribution in [0.15, 0.2) is 72.8 Å². The van der Waals surface area contributed by atoms with Crippen molar-refractivity contribution in [2.24, 2.45) is 0 Å². The van der Waals surface area contributed by atoms with Gasteiger partial charge in [0.25, 0.3) is 0 Å². The molecule has 1 aliphatic heterocycles. The summed E-state index contributed by atoms with van der Waals surface area (Å²) in [5.74, 6) is 0.0327. The number of anilines is 1. The van der Waals surface area contributed by atoms with E-state index in [1.165, 1.54) is 5.56 Å². The van der Waals surface area contributed by atoms with Gasteiger partial charge in [-0.05, 0) is 35.7 Å². The van der Waals surface area contributed by atoms with Crippen molar-refractivity contribution in [3.63, 3.8) is 0 Å². The summed E-state index contributed by atoms with van der Waals surface area (Å²) in [6, 6.07) is 24.6. The van der Waals surface area contributed by atoms with E-state index < -0.39 is 0 Å². The zero-order valence-electron chi connectivity index (χ0n) is 16.3. The minimum Gasteiger partial charge on any atom is -0.358 e. The molecule has 0 saturated carbocycles. The Morgan fingerprint density at radius 3 is 2.59 bits per heavy atom. The van der Waals surface area contributed by atoms with E-state index in [0.717, 1.165) is 22.9 Å². The van der Waals surface area contributed by atoms with Crippen LogP contribution >= 0.6 is 12.2 Å². The van der Waals surface area contributed by atoms with Gasteiger partial charge in [0.2, 0.25) is 5.91 Å². The van der Waals surface area contributed by atoms with E-state index in [-0.39, 0.29) is 18.0 Å². The predicted molar refractivity (Wildman–Crippen MR) is 122 cm³/mol. The third-order valence-corrected chi connectivity index (χ3v) is 5.53. The number of nitrogens with zero attached hydrogens (tertiary/aromatic N) is 1. The second-order valence-corrected chi connectivity index (χ2v) is 7.75. The molecule has 0 unspecified atom stereocenters. The number of nitrogens with one attached hydrogen (secondary N) is 3. The molecule has 1 fully saturated rings. The van der Waals surface area contributed by atoms with Crippen molar-refractivity contribution < 1.29 is 4.79 Å². The van der Waals surface area contributed by atoms with Gasteiger partial charge in [0, 0.05) is 24.5 Å². The number of hydrogen-bond acceptors (Lipinski definition) is 3. The summed E-state index contributed by atoms with van der Waals surface area (Å²) in [6.45, 7) is 0. The zero-order chi connectivity index (χ0) is 20.2. The molecule has 0 aliphatic carbocycles. The number of carbonyl (C=O) groups is 1. The van der Waals surface area contributed by atoms with Crippen LogP contribution in [0, 0.1) is 0 Å². The molecule has 4 rings (SSSR count). The quantitative estimate of drug-likeness (QED) is 0.569. The molecule has 5 nitrogen and oxygen atoms in total. The minimum atomic E-state index is -0.0173. The number of thiocarbonyl (C=S) groups is 1. The molecule has 3 aromatic rings. The van der Waals surface area contributed by atoms with Gasteiger partial charge >= 0.3 is 0 Å². The van der Waals surface area contributed by atoms with E-state index in [9.17, 15) is 4.79 Å². The van der Waals surface area contributed by atoms with Gasteiger partial charge in [-0.2, -0.15) is 0 Å². The van der Waals surface area contributed by atoms with Gasteiger partial charge in [-0.15, -0.1) is 0 Å². The Balaban J connectivity index is 1.53. The Kier molecular flexibility index (Phi) is 5.74. The average Bonchev–Trinajstić information content (AvgIpc) is 3.06. The van der Waals surface area contributed by atoms with Gasteiger partial charge in [0.15, 0.2) is 5.11 Å². The lowest BCUT2D eigenvalue weighted by Crippen LogP contribution is -2.51. The lowest BCUT2D eigenvalue weighted by molar-refractivity contribution is -0.120. The lowest BCUT2D eigenvalue weighted by Gasteiger charge is -2.30. The van der Waals surface area contributed by atoms with Crippen molar-refractivity contribution in [2.45, 2.75) is 24.9 Å². The largest absolute Gasteiger partial charge is 0.358 e. The molecule has 1 heterocycles. The van der Waals surface area contributed by atoms with Gasteiger partial charge in [0.1, 0.15) is 0 Å². The first kappa shape index (κ1) is 19.4. The van der Waals surface area contributed by atoms with Crippen LogP contribution in [0.5, 0.6) is 0 Å². The summed E-state index contributed by atoms with van der Waals surface area (Å²) in [4.78, 5) is 11.9. The Morgan fingerprint density at radius 2 is 1.83 bits per heavy atom. The lowest BCUT2D eigenvalue weighted by atomic mass is 9.97. The third-order valence-electron chi connectivity index (χ3n) is 5.31. The highest BCUT2D eigenvalue weighted by molar-refractivity contribution is 7.80. The molecule has 0 spiro atoms. The Hall–Kier alpha value is -2.96. The van der Waals surface area contributed by atoms with Gasteiger partial charge in [0.05, 0.1) is 12.1 Å². The first-order valence-electron chi connectivity index (χ1n) is 9.71. The van der Waals surface area contributed by atoms with Crippen molar-refractivity contribution in [3.05, 3.63) is 78.4 Å². The summed E-state index contributed by atoms with van der Waals surface area (Å²) >= 11 is 5.65. The van der Waals surface area contributed by atoms with E-state index in [0.29, 0.717) is 11.5 Å². The maximum absolute atomic E-state index is 11.9. The predicted octanol–water partition coefficient (Wildman–Crippen LogP) is 3.47. The molecule has 0 aromatic heterocycles. The molecule has 6 heteroatoms. The summed E-state index contributed by atoms with van der Waals surface area (Å²) in [5.41, 5.74) is 5.04. The Labute approximate surface area is 176 Å². The average molecular weight is 405 g/mol. The van der Waals surface area contributed by atoms with Crippen molar-refractivity contribution in [1.82, 2.24) is 15.8 Å². The molecule has 1 aliphatic rings. The Bertz CT molecular complexity index is 1020. The molecule has 1 amide bonds. The molecule has 0 radical (unpaired) electrons. The molecular formula is C23H24N4OS. The fourth-order valence-corrected chi connectivity index (χ4v) is 4.14. The maximum atomic E-state index is 11.9. The van der Waals surface area contributed by atoms with Crippen molar-refractivity contribution in [1.29, 1.82) is 0 Å². The second kappa shape index (κ2) is 8.59. The molecule has 148 valence electrons. The molecule has 0 bridgehead atoms. The first-order valence-corrected chi connectivity index (χ1v) is 10.1. The zero-order valence-corrected chi connectivity index (χ0v) is 17.1. The number of benzene rings is 3. The molecule has 29 heavy (non-hydrogen) atoms. The fourth-order valence-electron chi connectivity index (χ4n) is 3.88. The Morgan fingerprint density at radius 1 is 1.10 bits per heavy atom. The third kappa shape index (κ3) is 4.55. The van der Waals surface area contributed by atoms with Crippen LogP contribution in [-0.2, 0) is 11.2 Å². The topological polar surface area (TPSA) is 56.4 Å². The van der Waals surface area contributed by atoms with E-state index in [2.05, 4.69) is 46.4 Å². The van der Waals surface area contributed by atoms with E-state index in [1.54, 1.807) is 0 Å². The van der Waals surface area contributed by atoms with Gasteiger partial charge < -0.3 is 10.6 Å². The number of rotatable bonds is 5. The molecule has 3 aromatic carbocycles. The van der Waals surface area contributed by atoms with Crippen LogP contribution in [0.25, 0.3) is 10.8 Å². The van der Waals surface area contributed by atoms with Crippen molar-refractivity contribution in [3.8, 4) is 0 Å². The summed E-state index contributed by atoms with van der Waals surface area (Å²) < 4.78 is 0. The summed E-state index contributed by atoms with van der Waals surface area (Å²) in [6.07, 6.45) is 1.21. The second-order valence-electron chi connectivity index (χ2n) is 7.34. The number of carbonyl (C=O) groups excluding carboxylic acids is 1. The molecule has 3 N–H and O–H groups in total. The number of hydrogen-bond donors (Lipinski definition) is 3. The van der Waals surface area contributed by atoms with Crippen molar-refractivity contribution >= 4 is 39.7 Å². The van der Waals surface area contributed by atoms with E-state index in [1.807, 2.05) is 54.5 Å². The number of hydrazine groups is 1. The molecular weight excluding hydrogens is 380 g/mol. The van der Waals surface area contributed by atoms with Crippen molar-refractivity contribution in [2.75, 3.05) is 12.4 Å². The first-order chi connectivity index (χ1) is 14.1. The van der Waals surface area contributed by atoms with E-state index >= 15 is 0 Å². The maximum Gasteiger partial charge on any atom is 0.236 e. The standard InChI is InChI=1S/C23H24N4OS/c1-27-21(15-22(28)26-27)20(14-16-8-3-2-4-9-16)25-23(29)24-19-13-7-11-17-10-5-6-12-18(17)19/h2-13,20-21H,14-15H2,1H3,(H,26,28)(H2,24,25,29)/t20-,21+/m0/s1. The fraction of sp³-hybridized carbons (Fsp3) is 0.217. The smallest absolute Gasteiger partial charge is 0.236 e. The van der Waals surface area contributed by atoms with Crippen LogP contribution in [-0.4, -0.2) is 35.2 Å². The van der Waals surface area contributed by atoms with Crippen LogP contribution in [0.4, 0.5) is 5.69 Å². The minimum absolute atomic E-state index is 0.00923. The number of amides is 1. The monoisotopic (exact) mass is 404 g/mol. The highest BCUT2D eigenvalue weighted by atomic mass is 32.1. The summed E-state index contributed by atoms with van der Waals surface area (Å²) in [7, 11) is 1.90. The van der Waals surface area contributed by atoms with E-state index in [4.69, 9.17) is 12.2 Å². The highest BCUT2D eigenvalue weighted by Gasteiger charge is 2.34. The number of likely N-dealkylation sites (N-methyl/N-ethyl adjacent to an activating group) is 1. The van der Waals surface area contributed by atoms with Crippen LogP contribution in [0.2, 0.25) is 0 Å².